The summed E-state index contributed by atoms with van der Waals surface area (Å²) in [6.45, 7) is 29.9. The number of carbonyl (C=O) groups excluding carboxylic acids is 11. The second-order valence-electron chi connectivity index (χ2n) is 28.7. The Morgan fingerprint density at radius 3 is 1.40 bits per heavy atom. The van der Waals surface area contributed by atoms with Gasteiger partial charge in [0.15, 0.2) is 0 Å². The number of likely N-dealkylation sites (N-methyl/N-ethyl adjacent to an activating group) is 7. The molecule has 3 rings (SSSR count). The molecular formula is C69H116N14O12. The molecule has 0 unspecified atom stereocenters. The van der Waals surface area contributed by atoms with E-state index >= 15 is 19.2 Å². The van der Waals surface area contributed by atoms with Crippen molar-refractivity contribution in [3.05, 3.63) is 48.3 Å². The molecule has 1 aliphatic rings. The van der Waals surface area contributed by atoms with Crippen LogP contribution in [0, 0.1) is 41.4 Å². The highest BCUT2D eigenvalue weighted by molar-refractivity contribution is 6.00. The fourth-order valence-electron chi connectivity index (χ4n) is 12.2. The van der Waals surface area contributed by atoms with Crippen LogP contribution < -0.4 is 21.3 Å². The smallest absolute Gasteiger partial charge is 0.246 e. The number of aliphatic hydroxyl groups is 1. The van der Waals surface area contributed by atoms with Gasteiger partial charge in [-0.3, -0.25) is 57.7 Å². The number of carbonyl (C=O) groups is 11. The van der Waals surface area contributed by atoms with Crippen molar-refractivity contribution in [3.63, 3.8) is 0 Å². The van der Waals surface area contributed by atoms with Gasteiger partial charge in [-0.25, -0.2) is 4.98 Å². The normalized spacial score (nSPS) is 26.0. The largest absolute Gasteiger partial charge is 0.390 e. The van der Waals surface area contributed by atoms with Gasteiger partial charge in [-0.15, -0.1) is 0 Å². The van der Waals surface area contributed by atoms with Gasteiger partial charge in [0, 0.05) is 74.3 Å². The molecule has 11 amide bonds. The third-order valence-corrected chi connectivity index (χ3v) is 18.2. The van der Waals surface area contributed by atoms with Gasteiger partial charge < -0.3 is 65.2 Å². The maximum absolute atomic E-state index is 15.5. The van der Waals surface area contributed by atoms with E-state index in [9.17, 15) is 38.7 Å². The molecule has 5 N–H and O–H groups in total. The Hall–Kier alpha value is -7.51. The summed E-state index contributed by atoms with van der Waals surface area (Å²) in [4.78, 5) is 181. The highest BCUT2D eigenvalue weighted by Gasteiger charge is 2.46. The van der Waals surface area contributed by atoms with Gasteiger partial charge in [-0.1, -0.05) is 103 Å². The number of rotatable bonds is 17. The predicted octanol–water partition coefficient (Wildman–Crippen LogP) is 3.57. The standard InChI is InChI=1S/C69H116N14O12/c1-25-49-65(91)76(18)47(17)64(90)77(19)51(33-39(4)5)61(87)75-55(42(10)11)68(94)78(20)50(32-38(2)3)60(86)72-45(15)59(85)73-46(16)63(89)79(21)52(34-40(6)7)66(92)80(22)53(35-41(8)9)67(93)81(23)56(43(12)13)69(95)82(24)57(62(88)74-49)58(84)44(14)36-54-71-30-31-83(54)37-48-28-26-27-29-70-48/h26-31,38-47,49-53,55-58,84H,25,32-37H2,1-24H3,(H,72,86)(H,73,85)(H,74,88)(H,75,87)/t44-,45+,46-,47-,49+,50+,51+,52+,53+,55+,56+,57-,58-/m1/s1. The topological polar surface area (TPSA) is 310 Å². The summed E-state index contributed by atoms with van der Waals surface area (Å²) in [6.07, 6.45) is 4.03. The molecule has 3 heterocycles. The number of hydrogen-bond acceptors (Lipinski definition) is 14. The summed E-state index contributed by atoms with van der Waals surface area (Å²) in [6, 6.07) is -8.47. The predicted molar refractivity (Wildman–Crippen MR) is 363 cm³/mol. The third-order valence-electron chi connectivity index (χ3n) is 18.2. The second kappa shape index (κ2) is 36.6. The van der Waals surface area contributed by atoms with E-state index in [0.717, 1.165) is 15.5 Å². The Balaban J connectivity index is 2.35. The first kappa shape index (κ1) is 81.7. The van der Waals surface area contributed by atoms with Gasteiger partial charge in [0.25, 0.3) is 0 Å². The van der Waals surface area contributed by atoms with Crippen molar-refractivity contribution in [3.8, 4) is 0 Å². The van der Waals surface area contributed by atoms with E-state index in [0.29, 0.717) is 12.4 Å². The van der Waals surface area contributed by atoms with Gasteiger partial charge in [-0.2, -0.15) is 0 Å². The molecule has 1 saturated heterocycles. The van der Waals surface area contributed by atoms with Crippen LogP contribution in [0.4, 0.5) is 0 Å². The van der Waals surface area contributed by atoms with Crippen molar-refractivity contribution >= 4 is 65.0 Å². The van der Waals surface area contributed by atoms with Gasteiger partial charge >= 0.3 is 0 Å². The monoisotopic (exact) mass is 1330 g/mol. The van der Waals surface area contributed by atoms with E-state index in [4.69, 9.17) is 0 Å². The molecule has 0 saturated carbocycles. The zero-order valence-electron chi connectivity index (χ0n) is 61.3. The molecule has 1 fully saturated rings. The number of amides is 11. The molecule has 2 aromatic heterocycles. The molecule has 0 aliphatic carbocycles. The van der Waals surface area contributed by atoms with Crippen molar-refractivity contribution in [2.24, 2.45) is 41.4 Å². The molecule has 0 spiro atoms. The number of hydrogen-bond donors (Lipinski definition) is 5. The van der Waals surface area contributed by atoms with Crippen molar-refractivity contribution in [1.82, 2.24) is 70.1 Å². The van der Waals surface area contributed by atoms with Crippen molar-refractivity contribution in [2.75, 3.05) is 49.3 Å². The Kier molecular flexibility index (Phi) is 31.5. The lowest BCUT2D eigenvalue weighted by Gasteiger charge is -2.41. The van der Waals surface area contributed by atoms with Gasteiger partial charge in [0.05, 0.1) is 18.3 Å². The Morgan fingerprint density at radius 2 is 0.916 bits per heavy atom. The molecule has 0 radical (unpaired) electrons. The Morgan fingerprint density at radius 1 is 0.453 bits per heavy atom. The summed E-state index contributed by atoms with van der Waals surface area (Å²) >= 11 is 0. The van der Waals surface area contributed by atoms with E-state index < -0.39 is 155 Å². The fraction of sp³-hybridized carbons (Fsp3) is 0.725. The first-order chi connectivity index (χ1) is 44.1. The second-order valence-corrected chi connectivity index (χ2v) is 28.7. The third kappa shape index (κ3) is 21.7. The van der Waals surface area contributed by atoms with Crippen LogP contribution in [0.3, 0.4) is 0 Å². The van der Waals surface area contributed by atoms with Crippen LogP contribution in [0.2, 0.25) is 0 Å². The van der Waals surface area contributed by atoms with Gasteiger partial charge in [0.1, 0.15) is 72.3 Å². The summed E-state index contributed by atoms with van der Waals surface area (Å²) in [5.41, 5.74) is 0.742. The lowest BCUT2D eigenvalue weighted by Crippen LogP contribution is -2.64. The van der Waals surface area contributed by atoms with E-state index in [1.165, 1.54) is 94.6 Å². The lowest BCUT2D eigenvalue weighted by molar-refractivity contribution is -0.157. The number of pyridine rings is 1. The van der Waals surface area contributed by atoms with Crippen LogP contribution in [-0.2, 0) is 65.7 Å². The first-order valence-electron chi connectivity index (χ1n) is 33.8. The number of nitrogens with one attached hydrogen (secondary N) is 4. The van der Waals surface area contributed by atoms with Crippen LogP contribution >= 0.6 is 0 Å². The molecule has 0 bridgehead atoms. The zero-order valence-corrected chi connectivity index (χ0v) is 61.3. The zero-order chi connectivity index (χ0) is 72.5. The molecule has 26 nitrogen and oxygen atoms in total. The highest BCUT2D eigenvalue weighted by Crippen LogP contribution is 2.26. The molecule has 534 valence electrons. The van der Waals surface area contributed by atoms with Crippen LogP contribution in [0.15, 0.2) is 36.8 Å². The van der Waals surface area contributed by atoms with Crippen LogP contribution in [0.1, 0.15) is 161 Å². The minimum absolute atomic E-state index is 0.0197. The lowest BCUT2D eigenvalue weighted by atomic mass is 9.91. The van der Waals surface area contributed by atoms with E-state index in [2.05, 4.69) is 31.2 Å². The molecule has 13 atom stereocenters. The van der Waals surface area contributed by atoms with Gasteiger partial charge in [0.2, 0.25) is 65.0 Å². The summed E-state index contributed by atoms with van der Waals surface area (Å²) in [5, 5.41) is 23.7. The van der Waals surface area contributed by atoms with Crippen molar-refractivity contribution < 1.29 is 57.8 Å². The summed E-state index contributed by atoms with van der Waals surface area (Å²) in [5.74, 6) is -9.73. The maximum Gasteiger partial charge on any atom is 0.246 e. The maximum atomic E-state index is 15.5. The number of imidazole rings is 1. The van der Waals surface area contributed by atoms with E-state index in [-0.39, 0.29) is 62.2 Å². The highest BCUT2D eigenvalue weighted by atomic mass is 16.3. The fourth-order valence-corrected chi connectivity index (χ4v) is 12.2. The SMILES string of the molecule is CC[C@@H]1NC(=O)[C@@H]([C@H](O)[C@H](C)Cc2nccn2Cc2ccccn2)N(C)C(=O)[C@H](C(C)C)N(C)C(=O)[C@H](CC(C)C)N(C)C(=O)[C@H](CC(C)C)N(C)C(=O)[C@@H](C)NC(=O)[C@H](C)NC(=O)[C@H](CC(C)C)N(C)C(=O)[C@H](C(C)C)NC(=O)[C@H](CC(C)C)N(C)C(=O)[C@@H](C)N(C)C1=O. The molecule has 26 heteroatoms. The first-order valence-corrected chi connectivity index (χ1v) is 33.8. The number of nitrogens with zero attached hydrogens (tertiary/aromatic N) is 10. The summed E-state index contributed by atoms with van der Waals surface area (Å²) < 4.78 is 1.86. The van der Waals surface area contributed by atoms with Crippen LogP contribution in [-0.4, -0.2) is 241 Å². The average molecular weight is 1330 g/mol. The number of aromatic nitrogens is 3. The van der Waals surface area contributed by atoms with Gasteiger partial charge in [-0.05, 0) is 106 Å². The van der Waals surface area contributed by atoms with E-state index in [1.54, 1.807) is 66.2 Å². The summed E-state index contributed by atoms with van der Waals surface area (Å²) in [7, 11) is 9.92. The minimum atomic E-state index is -1.72. The van der Waals surface area contributed by atoms with E-state index in [1.807, 2.05) is 72.1 Å². The molecule has 2 aromatic rings. The van der Waals surface area contributed by atoms with Crippen molar-refractivity contribution in [1.29, 1.82) is 0 Å². The van der Waals surface area contributed by atoms with Crippen LogP contribution in [0.25, 0.3) is 0 Å². The average Bonchev–Trinajstić information content (AvgIpc) is 1.16. The Bertz CT molecular complexity index is 2940. The number of aliphatic hydroxyl groups excluding tert-OH is 1. The van der Waals surface area contributed by atoms with Crippen molar-refractivity contribution in [2.45, 2.75) is 235 Å². The molecule has 95 heavy (non-hydrogen) atoms. The molecule has 0 aromatic carbocycles. The molecule has 1 aliphatic heterocycles. The van der Waals surface area contributed by atoms with Crippen LogP contribution in [0.5, 0.6) is 0 Å². The quantitative estimate of drug-likeness (QED) is 0.151. The molecular weight excluding hydrogens is 1220 g/mol. The minimum Gasteiger partial charge on any atom is -0.390 e. The Labute approximate surface area is 565 Å².